The number of piperidine rings is 1. The molecule has 1 aromatic rings. The van der Waals surface area contributed by atoms with Gasteiger partial charge in [0.05, 0.1) is 6.54 Å². The highest BCUT2D eigenvalue weighted by molar-refractivity contribution is 14.0. The Morgan fingerprint density at radius 3 is 2.62 bits per heavy atom. The van der Waals surface area contributed by atoms with Crippen LogP contribution in [0.2, 0.25) is 0 Å². The molecule has 3 heterocycles. The number of aliphatic imine (C=N–C) groups is 1. The lowest BCUT2D eigenvalue weighted by molar-refractivity contribution is 0.188. The molecule has 0 spiro atoms. The molecule has 166 valence electrons. The molecule has 0 radical (unpaired) electrons. The van der Waals surface area contributed by atoms with Crippen LogP contribution in [0.3, 0.4) is 0 Å². The minimum absolute atomic E-state index is 0. The van der Waals surface area contributed by atoms with E-state index in [1.165, 1.54) is 38.9 Å². The molecule has 1 atom stereocenters. The Labute approximate surface area is 193 Å². The first-order valence-corrected chi connectivity index (χ1v) is 11.3. The largest absolute Gasteiger partial charge is 0.357 e. The topological polar surface area (TPSA) is 70.4 Å². The van der Waals surface area contributed by atoms with Gasteiger partial charge in [-0.25, -0.2) is 9.67 Å². The summed E-state index contributed by atoms with van der Waals surface area (Å²) in [5.41, 5.74) is 0. The summed E-state index contributed by atoms with van der Waals surface area (Å²) in [6.45, 7) is 15.1. The number of hydrogen-bond acceptors (Lipinski definition) is 4. The fourth-order valence-electron chi connectivity index (χ4n) is 4.15. The lowest BCUT2D eigenvalue weighted by Crippen LogP contribution is -2.47. The van der Waals surface area contributed by atoms with Crippen molar-refractivity contribution in [2.75, 3.05) is 32.7 Å². The Kier molecular flexibility index (Phi) is 10.1. The molecule has 1 fully saturated rings. The van der Waals surface area contributed by atoms with Crippen LogP contribution in [0.15, 0.2) is 4.99 Å². The predicted octanol–water partition coefficient (Wildman–Crippen LogP) is 3.01. The van der Waals surface area contributed by atoms with E-state index in [1.807, 2.05) is 0 Å². The van der Waals surface area contributed by atoms with Gasteiger partial charge in [0, 0.05) is 31.5 Å². The molecular weight excluding hydrogens is 477 g/mol. The molecule has 0 bridgehead atoms. The third kappa shape index (κ3) is 7.08. The van der Waals surface area contributed by atoms with Crippen LogP contribution in [-0.4, -0.2) is 64.4 Å². The molecular formula is C21H40IN7. The summed E-state index contributed by atoms with van der Waals surface area (Å²) in [7, 11) is 0. The Bertz CT molecular complexity index is 635. The maximum absolute atomic E-state index is 4.87. The van der Waals surface area contributed by atoms with E-state index in [0.717, 1.165) is 56.0 Å². The molecule has 1 saturated heterocycles. The van der Waals surface area contributed by atoms with Crippen LogP contribution in [0.25, 0.3) is 0 Å². The van der Waals surface area contributed by atoms with Crippen LogP contribution in [-0.2, 0) is 13.0 Å². The van der Waals surface area contributed by atoms with Crippen molar-refractivity contribution in [3.05, 3.63) is 11.6 Å². The van der Waals surface area contributed by atoms with Crippen molar-refractivity contribution in [2.45, 2.75) is 78.3 Å². The fourth-order valence-corrected chi connectivity index (χ4v) is 4.15. The second kappa shape index (κ2) is 12.1. The van der Waals surface area contributed by atoms with E-state index in [4.69, 9.17) is 10.1 Å². The minimum Gasteiger partial charge on any atom is -0.357 e. The van der Waals surface area contributed by atoms with E-state index in [-0.39, 0.29) is 24.0 Å². The molecule has 1 unspecified atom stereocenters. The van der Waals surface area contributed by atoms with Gasteiger partial charge in [0.15, 0.2) is 11.8 Å². The number of nitrogens with zero attached hydrogens (tertiary/aromatic N) is 5. The van der Waals surface area contributed by atoms with Gasteiger partial charge in [-0.2, -0.15) is 5.10 Å². The van der Waals surface area contributed by atoms with Gasteiger partial charge in [-0.15, -0.1) is 24.0 Å². The van der Waals surface area contributed by atoms with Crippen LogP contribution >= 0.6 is 24.0 Å². The normalized spacial score (nSPS) is 21.0. The summed E-state index contributed by atoms with van der Waals surface area (Å²) >= 11 is 0. The maximum Gasteiger partial charge on any atom is 0.191 e. The Morgan fingerprint density at radius 2 is 1.97 bits per heavy atom. The average molecular weight is 518 g/mol. The summed E-state index contributed by atoms with van der Waals surface area (Å²) in [5, 5.41) is 11.7. The number of nitrogens with one attached hydrogen (secondary N) is 2. The number of aryl methyl sites for hydroxylation is 1. The van der Waals surface area contributed by atoms with Crippen molar-refractivity contribution in [1.29, 1.82) is 0 Å². The number of hydrogen-bond donors (Lipinski definition) is 2. The van der Waals surface area contributed by atoms with Crippen LogP contribution in [0.1, 0.15) is 70.9 Å². The zero-order chi connectivity index (χ0) is 19.9. The quantitative estimate of drug-likeness (QED) is 0.331. The highest BCUT2D eigenvalue weighted by Crippen LogP contribution is 2.20. The zero-order valence-corrected chi connectivity index (χ0v) is 21.0. The van der Waals surface area contributed by atoms with Crippen molar-refractivity contribution in [1.82, 2.24) is 30.3 Å². The lowest BCUT2D eigenvalue weighted by atomic mass is 9.94. The fraction of sp³-hybridized carbons (Fsp3) is 0.857. The first-order valence-electron chi connectivity index (χ1n) is 11.3. The Balaban J connectivity index is 0.00000300. The van der Waals surface area contributed by atoms with Crippen molar-refractivity contribution in [3.63, 3.8) is 0 Å². The molecule has 1 aromatic heterocycles. The summed E-state index contributed by atoms with van der Waals surface area (Å²) in [5.74, 6) is 4.25. The van der Waals surface area contributed by atoms with E-state index in [2.05, 4.69) is 52.9 Å². The van der Waals surface area contributed by atoms with Crippen LogP contribution in [0, 0.1) is 5.92 Å². The zero-order valence-electron chi connectivity index (χ0n) is 18.7. The molecule has 0 aliphatic carbocycles. The first-order chi connectivity index (χ1) is 13.6. The summed E-state index contributed by atoms with van der Waals surface area (Å²) < 4.78 is 2.08. The second-order valence-corrected chi connectivity index (χ2v) is 8.53. The number of rotatable bonds is 7. The van der Waals surface area contributed by atoms with Gasteiger partial charge < -0.3 is 15.5 Å². The van der Waals surface area contributed by atoms with E-state index >= 15 is 0 Å². The molecule has 0 aromatic carbocycles. The number of halogens is 1. The van der Waals surface area contributed by atoms with E-state index in [0.29, 0.717) is 12.0 Å². The third-order valence-corrected chi connectivity index (χ3v) is 6.04. The highest BCUT2D eigenvalue weighted by Gasteiger charge is 2.23. The predicted molar refractivity (Wildman–Crippen MR) is 130 cm³/mol. The minimum atomic E-state index is 0. The van der Waals surface area contributed by atoms with Crippen molar-refractivity contribution in [2.24, 2.45) is 10.9 Å². The van der Waals surface area contributed by atoms with E-state index in [9.17, 15) is 0 Å². The van der Waals surface area contributed by atoms with Crippen molar-refractivity contribution < 1.29 is 0 Å². The number of fused-ring (bicyclic) bond motifs is 1. The lowest BCUT2D eigenvalue weighted by Gasteiger charge is -2.30. The molecule has 7 nitrogen and oxygen atoms in total. The SMILES string of the molecule is CCNC(=NCCC1CCN(CC)CC1)NC1CCc2nc(C(C)C)nn2C1.I. The molecule has 2 aliphatic heterocycles. The van der Waals surface area contributed by atoms with Crippen LogP contribution < -0.4 is 10.6 Å². The van der Waals surface area contributed by atoms with Gasteiger partial charge in [-0.1, -0.05) is 20.8 Å². The van der Waals surface area contributed by atoms with E-state index < -0.39 is 0 Å². The number of guanidine groups is 1. The molecule has 8 heteroatoms. The summed E-state index contributed by atoms with van der Waals surface area (Å²) in [4.78, 5) is 12.1. The summed E-state index contributed by atoms with van der Waals surface area (Å²) in [6.07, 6.45) is 5.90. The maximum atomic E-state index is 4.87. The van der Waals surface area contributed by atoms with E-state index in [1.54, 1.807) is 0 Å². The molecule has 2 N–H and O–H groups in total. The van der Waals surface area contributed by atoms with Gasteiger partial charge in [0.25, 0.3) is 0 Å². The highest BCUT2D eigenvalue weighted by atomic mass is 127. The smallest absolute Gasteiger partial charge is 0.191 e. The van der Waals surface area contributed by atoms with Crippen LogP contribution in [0.4, 0.5) is 0 Å². The van der Waals surface area contributed by atoms with Crippen LogP contribution in [0.5, 0.6) is 0 Å². The molecule has 2 aliphatic rings. The third-order valence-electron chi connectivity index (χ3n) is 6.04. The standard InChI is InChI=1S/C21H39N7.HI/c1-5-22-21(23-12-9-17-10-13-27(6-2)14-11-17)24-18-7-8-19-25-20(16(3)4)26-28(19)15-18;/h16-18H,5-15H2,1-4H3,(H2,22,23,24);1H. The Morgan fingerprint density at radius 1 is 1.21 bits per heavy atom. The monoisotopic (exact) mass is 517 g/mol. The molecule has 0 amide bonds. The Hall–Kier alpha value is -0.900. The number of aromatic nitrogens is 3. The van der Waals surface area contributed by atoms with Gasteiger partial charge >= 0.3 is 0 Å². The second-order valence-electron chi connectivity index (χ2n) is 8.53. The molecule has 3 rings (SSSR count). The van der Waals surface area contributed by atoms with Gasteiger partial charge in [-0.05, 0) is 58.2 Å². The van der Waals surface area contributed by atoms with Gasteiger partial charge in [0.1, 0.15) is 5.82 Å². The van der Waals surface area contributed by atoms with Crippen molar-refractivity contribution >= 4 is 29.9 Å². The van der Waals surface area contributed by atoms with Gasteiger partial charge in [-0.3, -0.25) is 4.99 Å². The summed E-state index contributed by atoms with van der Waals surface area (Å²) in [6, 6.07) is 0.361. The number of likely N-dealkylation sites (tertiary alicyclic amines) is 1. The van der Waals surface area contributed by atoms with Crippen molar-refractivity contribution in [3.8, 4) is 0 Å². The molecule has 0 saturated carbocycles. The first kappa shape index (κ1) is 24.4. The van der Waals surface area contributed by atoms with Gasteiger partial charge in [0.2, 0.25) is 0 Å². The average Bonchev–Trinajstić information content (AvgIpc) is 3.12. The molecule has 29 heavy (non-hydrogen) atoms.